The Kier molecular flexibility index (Phi) is 3.92. The first-order valence-corrected chi connectivity index (χ1v) is 7.50. The molecule has 2 aromatic rings. The van der Waals surface area contributed by atoms with Gasteiger partial charge in [0, 0.05) is 37.3 Å². The van der Waals surface area contributed by atoms with Gasteiger partial charge in [0.1, 0.15) is 0 Å². The molecule has 0 spiro atoms. The SMILES string of the molecule is CN1CCN([C@H](c2ccccc2)c2ccns2)CC1. The fourth-order valence-corrected chi connectivity index (χ4v) is 3.39. The molecule has 0 saturated carbocycles. The fourth-order valence-electron chi connectivity index (χ4n) is 2.64. The molecule has 1 aliphatic rings. The van der Waals surface area contributed by atoms with Crippen molar-refractivity contribution < 1.29 is 0 Å². The Morgan fingerprint density at radius 3 is 2.42 bits per heavy atom. The molecule has 2 heterocycles. The van der Waals surface area contributed by atoms with E-state index in [0.717, 1.165) is 26.2 Å². The van der Waals surface area contributed by atoms with E-state index in [-0.39, 0.29) is 0 Å². The second-order valence-corrected chi connectivity index (χ2v) is 5.93. The Morgan fingerprint density at radius 1 is 1.05 bits per heavy atom. The van der Waals surface area contributed by atoms with Crippen molar-refractivity contribution in [1.82, 2.24) is 14.2 Å². The van der Waals surface area contributed by atoms with Crippen LogP contribution in [0.3, 0.4) is 0 Å². The highest BCUT2D eigenvalue weighted by atomic mass is 32.1. The van der Waals surface area contributed by atoms with Crippen molar-refractivity contribution in [3.8, 4) is 0 Å². The lowest BCUT2D eigenvalue weighted by Gasteiger charge is -2.37. The minimum atomic E-state index is 0.363. The summed E-state index contributed by atoms with van der Waals surface area (Å²) in [6, 6.07) is 13.3. The summed E-state index contributed by atoms with van der Waals surface area (Å²) in [5.41, 5.74) is 1.37. The van der Waals surface area contributed by atoms with Crippen LogP contribution >= 0.6 is 11.5 Å². The Labute approximate surface area is 118 Å². The number of nitrogens with zero attached hydrogens (tertiary/aromatic N) is 3. The van der Waals surface area contributed by atoms with Gasteiger partial charge in [-0.2, -0.15) is 0 Å². The molecule has 0 radical (unpaired) electrons. The standard InChI is InChI=1S/C15H19N3S/c1-17-9-11-18(12-10-17)15(14-7-8-16-19-14)13-5-3-2-4-6-13/h2-8,15H,9-12H2,1H3/t15-/m1/s1. The topological polar surface area (TPSA) is 19.4 Å². The van der Waals surface area contributed by atoms with E-state index in [1.807, 2.05) is 6.20 Å². The van der Waals surface area contributed by atoms with Crippen LogP contribution in [0.2, 0.25) is 0 Å². The second kappa shape index (κ2) is 5.82. The van der Waals surface area contributed by atoms with Gasteiger partial charge in [-0.05, 0) is 30.2 Å². The third kappa shape index (κ3) is 2.86. The Morgan fingerprint density at radius 2 is 1.79 bits per heavy atom. The molecule has 3 rings (SSSR count). The zero-order chi connectivity index (χ0) is 13.1. The summed E-state index contributed by atoms with van der Waals surface area (Å²) in [5.74, 6) is 0. The predicted molar refractivity (Wildman–Crippen MR) is 79.5 cm³/mol. The molecule has 1 atom stereocenters. The average molecular weight is 273 g/mol. The van der Waals surface area contributed by atoms with Crippen LogP contribution in [0.4, 0.5) is 0 Å². The Balaban J connectivity index is 1.89. The summed E-state index contributed by atoms with van der Waals surface area (Å²) in [7, 11) is 2.20. The first-order valence-electron chi connectivity index (χ1n) is 6.73. The molecule has 1 aliphatic heterocycles. The van der Waals surface area contributed by atoms with Crippen molar-refractivity contribution >= 4 is 11.5 Å². The molecular weight excluding hydrogens is 254 g/mol. The summed E-state index contributed by atoms with van der Waals surface area (Å²) < 4.78 is 4.28. The summed E-state index contributed by atoms with van der Waals surface area (Å²) in [6.07, 6.45) is 1.91. The lowest BCUT2D eigenvalue weighted by molar-refractivity contribution is 0.128. The van der Waals surface area contributed by atoms with E-state index in [9.17, 15) is 0 Å². The molecule has 1 aromatic carbocycles. The average Bonchev–Trinajstić information content (AvgIpc) is 2.96. The van der Waals surface area contributed by atoms with E-state index < -0.39 is 0 Å². The smallest absolute Gasteiger partial charge is 0.0713 e. The van der Waals surface area contributed by atoms with Crippen LogP contribution in [0.15, 0.2) is 42.6 Å². The van der Waals surface area contributed by atoms with Crippen molar-refractivity contribution in [2.75, 3.05) is 33.2 Å². The molecule has 3 nitrogen and oxygen atoms in total. The summed E-state index contributed by atoms with van der Waals surface area (Å²) >= 11 is 1.62. The van der Waals surface area contributed by atoms with E-state index >= 15 is 0 Å². The van der Waals surface area contributed by atoms with Gasteiger partial charge < -0.3 is 4.90 Å². The van der Waals surface area contributed by atoms with E-state index in [0.29, 0.717) is 6.04 Å². The lowest BCUT2D eigenvalue weighted by Crippen LogP contribution is -2.46. The number of benzene rings is 1. The van der Waals surface area contributed by atoms with Crippen LogP contribution in [-0.2, 0) is 0 Å². The molecule has 0 amide bonds. The highest BCUT2D eigenvalue weighted by Gasteiger charge is 2.26. The Bertz CT molecular complexity index is 489. The van der Waals surface area contributed by atoms with Gasteiger partial charge in [0.15, 0.2) is 0 Å². The van der Waals surface area contributed by atoms with Gasteiger partial charge >= 0.3 is 0 Å². The fraction of sp³-hybridized carbons (Fsp3) is 0.400. The highest BCUT2D eigenvalue weighted by Crippen LogP contribution is 2.31. The monoisotopic (exact) mass is 273 g/mol. The maximum absolute atomic E-state index is 4.28. The van der Waals surface area contributed by atoms with Crippen LogP contribution in [0.5, 0.6) is 0 Å². The number of piperazine rings is 1. The molecule has 1 aromatic heterocycles. The predicted octanol–water partition coefficient (Wildman–Crippen LogP) is 2.48. The normalized spacial score (nSPS) is 19.4. The van der Waals surface area contributed by atoms with Gasteiger partial charge in [-0.15, -0.1) is 0 Å². The van der Waals surface area contributed by atoms with Crippen molar-refractivity contribution in [3.05, 3.63) is 53.0 Å². The molecule has 0 bridgehead atoms. The van der Waals surface area contributed by atoms with Gasteiger partial charge in [-0.25, -0.2) is 4.37 Å². The maximum Gasteiger partial charge on any atom is 0.0713 e. The molecule has 100 valence electrons. The second-order valence-electron chi connectivity index (χ2n) is 5.07. The van der Waals surface area contributed by atoms with E-state index in [4.69, 9.17) is 0 Å². The molecular formula is C15H19N3S. The number of hydrogen-bond acceptors (Lipinski definition) is 4. The van der Waals surface area contributed by atoms with Crippen molar-refractivity contribution in [1.29, 1.82) is 0 Å². The van der Waals surface area contributed by atoms with Crippen molar-refractivity contribution in [3.63, 3.8) is 0 Å². The van der Waals surface area contributed by atoms with Crippen LogP contribution < -0.4 is 0 Å². The van der Waals surface area contributed by atoms with Crippen LogP contribution in [0.25, 0.3) is 0 Å². The molecule has 0 N–H and O–H groups in total. The largest absolute Gasteiger partial charge is 0.304 e. The minimum absolute atomic E-state index is 0.363. The van der Waals surface area contributed by atoms with Crippen molar-refractivity contribution in [2.45, 2.75) is 6.04 Å². The minimum Gasteiger partial charge on any atom is -0.304 e. The third-order valence-electron chi connectivity index (χ3n) is 3.75. The van der Waals surface area contributed by atoms with Crippen molar-refractivity contribution in [2.24, 2.45) is 0 Å². The van der Waals surface area contributed by atoms with Gasteiger partial charge in [0.2, 0.25) is 0 Å². The number of hydrogen-bond donors (Lipinski definition) is 0. The summed E-state index contributed by atoms with van der Waals surface area (Å²) in [4.78, 5) is 6.31. The van der Waals surface area contributed by atoms with Crippen LogP contribution in [0.1, 0.15) is 16.5 Å². The summed E-state index contributed by atoms with van der Waals surface area (Å²) in [5, 5.41) is 0. The summed E-state index contributed by atoms with van der Waals surface area (Å²) in [6.45, 7) is 4.52. The lowest BCUT2D eigenvalue weighted by atomic mass is 10.0. The van der Waals surface area contributed by atoms with Crippen LogP contribution in [-0.4, -0.2) is 47.4 Å². The van der Waals surface area contributed by atoms with Crippen LogP contribution in [0, 0.1) is 0 Å². The van der Waals surface area contributed by atoms with E-state index in [2.05, 4.69) is 57.6 Å². The Hall–Kier alpha value is -1.23. The highest BCUT2D eigenvalue weighted by molar-refractivity contribution is 7.05. The van der Waals surface area contributed by atoms with Gasteiger partial charge in [-0.1, -0.05) is 30.3 Å². The molecule has 19 heavy (non-hydrogen) atoms. The maximum atomic E-state index is 4.28. The van der Waals surface area contributed by atoms with E-state index in [1.165, 1.54) is 10.4 Å². The van der Waals surface area contributed by atoms with Gasteiger partial charge in [-0.3, -0.25) is 4.90 Å². The van der Waals surface area contributed by atoms with E-state index in [1.54, 1.807) is 11.5 Å². The molecule has 0 unspecified atom stereocenters. The number of aromatic nitrogens is 1. The molecule has 1 saturated heterocycles. The number of likely N-dealkylation sites (N-methyl/N-ethyl adjacent to an activating group) is 1. The molecule has 1 fully saturated rings. The first kappa shape index (κ1) is 12.8. The zero-order valence-corrected chi connectivity index (χ0v) is 12.0. The molecule has 0 aliphatic carbocycles. The van der Waals surface area contributed by atoms with Gasteiger partial charge in [0.25, 0.3) is 0 Å². The quantitative estimate of drug-likeness (QED) is 0.856. The third-order valence-corrected chi connectivity index (χ3v) is 4.54. The number of rotatable bonds is 3. The zero-order valence-electron chi connectivity index (χ0n) is 11.2. The molecule has 4 heteroatoms. The first-order chi connectivity index (χ1) is 9.34. The van der Waals surface area contributed by atoms with Gasteiger partial charge in [0.05, 0.1) is 6.04 Å².